The molecule has 0 radical (unpaired) electrons. The third kappa shape index (κ3) is 4.79. The molecule has 9 nitrogen and oxygen atoms in total. The first kappa shape index (κ1) is 27.4. The number of amides is 3. The molecular formula is C28H32N6O3S. The normalized spacial score (nSPS) is 16.9. The molecule has 1 aliphatic heterocycles. The SMILES string of the molecule is Cc1cc(C#N)nc(-c2ccnc3cc(CN4C(=O)C(C)C(C)(C)C4=O)sc23)c1C(=O)N(C)CCN(C)C. The zero-order chi connectivity index (χ0) is 27.9. The summed E-state index contributed by atoms with van der Waals surface area (Å²) in [6.45, 7) is 8.60. The van der Waals surface area contributed by atoms with Crippen molar-refractivity contribution in [2.75, 3.05) is 34.2 Å². The highest BCUT2D eigenvalue weighted by Gasteiger charge is 2.51. The summed E-state index contributed by atoms with van der Waals surface area (Å²) in [5, 5.41) is 9.62. The van der Waals surface area contributed by atoms with Crippen LogP contribution in [0.3, 0.4) is 0 Å². The molecule has 4 heterocycles. The average Bonchev–Trinajstić information content (AvgIpc) is 3.35. The molecule has 1 unspecified atom stereocenters. The van der Waals surface area contributed by atoms with Crippen LogP contribution < -0.4 is 0 Å². The zero-order valence-corrected chi connectivity index (χ0v) is 23.6. The van der Waals surface area contributed by atoms with Crippen molar-refractivity contribution in [1.82, 2.24) is 24.7 Å². The molecule has 4 rings (SSSR count). The van der Waals surface area contributed by atoms with Crippen molar-refractivity contribution in [3.63, 3.8) is 0 Å². The van der Waals surface area contributed by atoms with Gasteiger partial charge in [0.15, 0.2) is 0 Å². The van der Waals surface area contributed by atoms with Crippen LogP contribution in [0.15, 0.2) is 24.4 Å². The van der Waals surface area contributed by atoms with Crippen LogP contribution in [0.4, 0.5) is 0 Å². The molecule has 0 aromatic carbocycles. The Balaban J connectivity index is 1.79. The topological polar surface area (TPSA) is 110 Å². The molecule has 3 amide bonds. The second kappa shape index (κ2) is 10.2. The van der Waals surface area contributed by atoms with Gasteiger partial charge in [0.1, 0.15) is 11.8 Å². The van der Waals surface area contributed by atoms with Crippen LogP contribution in [0.1, 0.15) is 47.3 Å². The number of fused-ring (bicyclic) bond motifs is 1. The number of nitriles is 1. The fourth-order valence-electron chi connectivity index (χ4n) is 4.57. The fraction of sp³-hybridized carbons (Fsp3) is 0.429. The van der Waals surface area contributed by atoms with Crippen LogP contribution in [0.2, 0.25) is 0 Å². The van der Waals surface area contributed by atoms with E-state index < -0.39 is 11.3 Å². The molecule has 38 heavy (non-hydrogen) atoms. The lowest BCUT2D eigenvalue weighted by molar-refractivity contribution is -0.141. The Morgan fingerprint density at radius 2 is 1.92 bits per heavy atom. The average molecular weight is 533 g/mol. The molecule has 0 N–H and O–H groups in total. The van der Waals surface area contributed by atoms with Crippen LogP contribution in [0.5, 0.6) is 0 Å². The second-order valence-electron chi connectivity index (χ2n) is 10.6. The van der Waals surface area contributed by atoms with Gasteiger partial charge in [0.2, 0.25) is 11.8 Å². The molecule has 198 valence electrons. The van der Waals surface area contributed by atoms with Gasteiger partial charge in [-0.25, -0.2) is 4.98 Å². The van der Waals surface area contributed by atoms with Crippen LogP contribution in [-0.4, -0.2) is 76.6 Å². The van der Waals surface area contributed by atoms with Crippen LogP contribution >= 0.6 is 11.3 Å². The number of nitrogens with zero attached hydrogens (tertiary/aromatic N) is 6. The summed E-state index contributed by atoms with van der Waals surface area (Å²) in [6, 6.07) is 7.39. The predicted molar refractivity (Wildman–Crippen MR) is 146 cm³/mol. The van der Waals surface area contributed by atoms with Crippen LogP contribution in [0.25, 0.3) is 21.5 Å². The third-order valence-electron chi connectivity index (χ3n) is 7.32. The number of rotatable bonds is 7. The van der Waals surface area contributed by atoms with Crippen molar-refractivity contribution in [1.29, 1.82) is 5.26 Å². The molecule has 0 saturated carbocycles. The van der Waals surface area contributed by atoms with Crippen molar-refractivity contribution in [3.05, 3.63) is 46.1 Å². The maximum absolute atomic E-state index is 13.6. The highest BCUT2D eigenvalue weighted by atomic mass is 32.1. The van der Waals surface area contributed by atoms with Crippen LogP contribution in [0, 0.1) is 29.6 Å². The van der Waals surface area contributed by atoms with E-state index >= 15 is 0 Å². The first-order valence-electron chi connectivity index (χ1n) is 12.4. The molecule has 1 aliphatic rings. The number of likely N-dealkylation sites (N-methyl/N-ethyl adjacent to an activating group) is 2. The Labute approximate surface area is 226 Å². The quantitative estimate of drug-likeness (QED) is 0.427. The minimum atomic E-state index is -0.746. The number of hydrogen-bond donors (Lipinski definition) is 0. The predicted octanol–water partition coefficient (Wildman–Crippen LogP) is 3.70. The highest BCUT2D eigenvalue weighted by Crippen LogP contribution is 2.40. The van der Waals surface area contributed by atoms with Crippen molar-refractivity contribution in [2.45, 2.75) is 34.2 Å². The van der Waals surface area contributed by atoms with E-state index in [4.69, 9.17) is 0 Å². The van der Waals surface area contributed by atoms with E-state index in [0.717, 1.165) is 9.58 Å². The summed E-state index contributed by atoms with van der Waals surface area (Å²) in [5.41, 5.74) is 2.36. The number of imide groups is 1. The smallest absolute Gasteiger partial charge is 0.256 e. The van der Waals surface area contributed by atoms with Crippen LogP contribution in [-0.2, 0) is 16.1 Å². The molecule has 10 heteroatoms. The largest absolute Gasteiger partial charge is 0.340 e. The van der Waals surface area contributed by atoms with E-state index in [1.165, 1.54) is 16.2 Å². The van der Waals surface area contributed by atoms with E-state index in [1.54, 1.807) is 51.0 Å². The van der Waals surface area contributed by atoms with Crippen molar-refractivity contribution < 1.29 is 14.4 Å². The minimum Gasteiger partial charge on any atom is -0.340 e. The maximum atomic E-state index is 13.6. The monoisotopic (exact) mass is 532 g/mol. The van der Waals surface area contributed by atoms with E-state index in [9.17, 15) is 19.6 Å². The van der Waals surface area contributed by atoms with Gasteiger partial charge in [0, 0.05) is 42.7 Å². The Morgan fingerprint density at radius 1 is 1.21 bits per heavy atom. The van der Waals surface area contributed by atoms with Gasteiger partial charge in [-0.3, -0.25) is 24.3 Å². The summed E-state index contributed by atoms with van der Waals surface area (Å²) in [6.07, 6.45) is 1.64. The number of likely N-dealkylation sites (tertiary alicyclic amines) is 1. The number of carbonyl (C=O) groups is 3. The number of aromatic nitrogens is 2. The van der Waals surface area contributed by atoms with Crippen molar-refractivity contribution in [3.8, 4) is 17.3 Å². The third-order valence-corrected chi connectivity index (χ3v) is 8.46. The van der Waals surface area contributed by atoms with Gasteiger partial charge in [-0.1, -0.05) is 20.8 Å². The van der Waals surface area contributed by atoms with Gasteiger partial charge in [-0.05, 0) is 44.8 Å². The zero-order valence-electron chi connectivity index (χ0n) is 22.8. The lowest BCUT2D eigenvalue weighted by Crippen LogP contribution is -2.34. The van der Waals surface area contributed by atoms with Gasteiger partial charge in [0.05, 0.1) is 33.4 Å². The molecule has 0 spiro atoms. The Bertz CT molecular complexity index is 1490. The molecule has 1 fully saturated rings. The number of thiophene rings is 1. The molecule has 1 saturated heterocycles. The molecule has 0 bridgehead atoms. The number of carbonyl (C=O) groups excluding carboxylic acids is 3. The summed E-state index contributed by atoms with van der Waals surface area (Å²) in [7, 11) is 5.65. The Hall–Kier alpha value is -3.68. The van der Waals surface area contributed by atoms with Gasteiger partial charge < -0.3 is 9.80 Å². The molecule has 3 aromatic rings. The summed E-state index contributed by atoms with van der Waals surface area (Å²) in [4.78, 5) is 54.2. The first-order chi connectivity index (χ1) is 17.9. The van der Waals surface area contributed by atoms with E-state index in [2.05, 4.69) is 16.0 Å². The van der Waals surface area contributed by atoms with Crippen molar-refractivity contribution in [2.24, 2.45) is 11.3 Å². The molecule has 0 aliphatic carbocycles. The summed E-state index contributed by atoms with van der Waals surface area (Å²) in [5.74, 6) is -0.939. The van der Waals surface area contributed by atoms with E-state index in [-0.39, 0.29) is 30.0 Å². The van der Waals surface area contributed by atoms with Gasteiger partial charge in [-0.2, -0.15) is 5.26 Å². The van der Waals surface area contributed by atoms with E-state index in [1.807, 2.05) is 32.0 Å². The minimum absolute atomic E-state index is 0.162. The second-order valence-corrected chi connectivity index (χ2v) is 11.8. The van der Waals surface area contributed by atoms with E-state index in [0.29, 0.717) is 41.0 Å². The van der Waals surface area contributed by atoms with Gasteiger partial charge >= 0.3 is 0 Å². The molecule has 3 aromatic heterocycles. The summed E-state index contributed by atoms with van der Waals surface area (Å²) >= 11 is 1.41. The van der Waals surface area contributed by atoms with Gasteiger partial charge in [0.25, 0.3) is 5.91 Å². The van der Waals surface area contributed by atoms with Gasteiger partial charge in [-0.15, -0.1) is 11.3 Å². The molecule has 1 atom stereocenters. The number of hydrogen-bond acceptors (Lipinski definition) is 8. The lowest BCUT2D eigenvalue weighted by Gasteiger charge is -2.22. The maximum Gasteiger partial charge on any atom is 0.256 e. The molecular weight excluding hydrogens is 500 g/mol. The number of aryl methyl sites for hydroxylation is 1. The van der Waals surface area contributed by atoms with Crippen molar-refractivity contribution >= 4 is 39.3 Å². The fourth-order valence-corrected chi connectivity index (χ4v) is 5.69. The lowest BCUT2D eigenvalue weighted by atomic mass is 9.82. The Kier molecular flexibility index (Phi) is 7.37. The standard InChI is InChI=1S/C28H32N6O3S/c1-16-12-18(14-29)31-23(22(16)26(36)33(7)11-10-32(5)6)20-8-9-30-21-13-19(38-24(20)21)15-34-25(35)17(2)28(3,4)27(34)37/h8-9,12-13,17H,10-11,15H2,1-7H3. The highest BCUT2D eigenvalue weighted by molar-refractivity contribution is 7.19. The summed E-state index contributed by atoms with van der Waals surface area (Å²) < 4.78 is 0.779. The number of pyridine rings is 2. The Morgan fingerprint density at radius 3 is 2.53 bits per heavy atom. The first-order valence-corrected chi connectivity index (χ1v) is 13.2.